The van der Waals surface area contributed by atoms with Gasteiger partial charge in [-0.15, -0.1) is 0 Å². The van der Waals surface area contributed by atoms with E-state index in [2.05, 4.69) is 185 Å². The Morgan fingerprint density at radius 2 is 1.02 bits per heavy atom. The Kier molecular flexibility index (Phi) is 7.29. The molecule has 3 heteroatoms. The van der Waals surface area contributed by atoms with E-state index in [9.17, 15) is 0 Å². The molecule has 9 rings (SSSR count). The molecule has 0 bridgehead atoms. The van der Waals surface area contributed by atoms with Crippen molar-refractivity contribution in [3.8, 4) is 27.9 Å². The number of nitrogens with zero attached hydrogens (tertiary/aromatic N) is 2. The van der Waals surface area contributed by atoms with Crippen molar-refractivity contribution in [2.45, 2.75) is 0 Å². The van der Waals surface area contributed by atoms with Gasteiger partial charge in [-0.25, -0.2) is 0 Å². The van der Waals surface area contributed by atoms with E-state index in [4.69, 9.17) is 5.41 Å². The summed E-state index contributed by atoms with van der Waals surface area (Å²) >= 11 is 0. The largest absolute Gasteiger partial charge is 0.315 e. The summed E-state index contributed by atoms with van der Waals surface area (Å²) < 4.78 is 4.70. The Bertz CT molecular complexity index is 2730. The van der Waals surface area contributed by atoms with E-state index in [0.29, 0.717) is 0 Å². The Morgan fingerprint density at radius 3 is 1.68 bits per heavy atom. The molecule has 0 saturated heterocycles. The summed E-state index contributed by atoms with van der Waals surface area (Å²) in [6.07, 6.45) is 7.68. The van der Waals surface area contributed by atoms with Crippen LogP contribution in [0.3, 0.4) is 0 Å². The van der Waals surface area contributed by atoms with Crippen molar-refractivity contribution < 1.29 is 0 Å². The van der Waals surface area contributed by atoms with Gasteiger partial charge in [-0.1, -0.05) is 146 Å². The molecule has 0 amide bonds. The van der Waals surface area contributed by atoms with Crippen LogP contribution in [0.1, 0.15) is 5.56 Å². The second-order valence-corrected chi connectivity index (χ2v) is 12.6. The van der Waals surface area contributed by atoms with Gasteiger partial charge in [0.25, 0.3) is 0 Å². The molecule has 2 aromatic heterocycles. The SMILES string of the molecule is N=C/C(=C\C=C\n1c2ccccc2c2ccc3c(c4ccccc4n3-c3ccc(-c4ccccc4)cc3)c21)c1ccc(-c2ccccc2)cc1. The lowest BCUT2D eigenvalue weighted by atomic mass is 10.0. The van der Waals surface area contributed by atoms with Crippen LogP contribution in [0.15, 0.2) is 182 Å². The van der Waals surface area contributed by atoms with Crippen molar-refractivity contribution in [3.63, 3.8) is 0 Å². The predicted octanol–water partition coefficient (Wildman–Crippen LogP) is 12.4. The van der Waals surface area contributed by atoms with Gasteiger partial charge in [0.05, 0.1) is 22.1 Å². The van der Waals surface area contributed by atoms with Gasteiger partial charge < -0.3 is 14.5 Å². The maximum absolute atomic E-state index is 8.24. The average Bonchev–Trinajstić information content (AvgIpc) is 3.70. The van der Waals surface area contributed by atoms with Crippen molar-refractivity contribution in [1.29, 1.82) is 5.41 Å². The maximum atomic E-state index is 8.24. The third-order valence-electron chi connectivity index (χ3n) is 9.73. The van der Waals surface area contributed by atoms with Crippen LogP contribution in [-0.4, -0.2) is 15.3 Å². The van der Waals surface area contributed by atoms with Gasteiger partial charge in [0.1, 0.15) is 0 Å². The van der Waals surface area contributed by atoms with Gasteiger partial charge in [0, 0.05) is 39.6 Å². The molecule has 0 unspecified atom stereocenters. The molecule has 0 saturated carbocycles. The van der Waals surface area contributed by atoms with Crippen molar-refractivity contribution in [1.82, 2.24) is 9.13 Å². The zero-order chi connectivity index (χ0) is 33.4. The maximum Gasteiger partial charge on any atom is 0.0635 e. The number of hydrogen-bond acceptors (Lipinski definition) is 1. The lowest BCUT2D eigenvalue weighted by Gasteiger charge is -2.10. The van der Waals surface area contributed by atoms with Gasteiger partial charge in [-0.05, 0) is 69.8 Å². The highest BCUT2D eigenvalue weighted by Gasteiger charge is 2.19. The number of aromatic nitrogens is 2. The Balaban J connectivity index is 1.19. The average molecular weight is 640 g/mol. The highest BCUT2D eigenvalue weighted by Crippen LogP contribution is 2.41. The number of fused-ring (bicyclic) bond motifs is 7. The zero-order valence-electron chi connectivity index (χ0n) is 27.4. The van der Waals surface area contributed by atoms with Crippen LogP contribution in [0.2, 0.25) is 0 Å². The second-order valence-electron chi connectivity index (χ2n) is 12.6. The number of rotatable bonds is 7. The van der Waals surface area contributed by atoms with Crippen molar-refractivity contribution in [3.05, 3.63) is 188 Å². The number of hydrogen-bond donors (Lipinski definition) is 1. The summed E-state index contributed by atoms with van der Waals surface area (Å²) in [5.74, 6) is 0. The first-order valence-corrected chi connectivity index (χ1v) is 16.9. The molecule has 0 atom stereocenters. The molecule has 2 heterocycles. The number of benzene rings is 7. The van der Waals surface area contributed by atoms with Gasteiger partial charge in [-0.3, -0.25) is 0 Å². The molecule has 50 heavy (non-hydrogen) atoms. The van der Waals surface area contributed by atoms with Crippen LogP contribution in [-0.2, 0) is 0 Å². The Labute approximate surface area is 290 Å². The summed E-state index contributed by atoms with van der Waals surface area (Å²) in [4.78, 5) is 0. The minimum Gasteiger partial charge on any atom is -0.315 e. The second kappa shape index (κ2) is 12.4. The van der Waals surface area contributed by atoms with Gasteiger partial charge in [0.2, 0.25) is 0 Å². The molecular weight excluding hydrogens is 607 g/mol. The minimum absolute atomic E-state index is 0.849. The van der Waals surface area contributed by atoms with Crippen LogP contribution >= 0.6 is 0 Å². The highest BCUT2D eigenvalue weighted by atomic mass is 15.0. The van der Waals surface area contributed by atoms with Crippen LogP contribution < -0.4 is 0 Å². The lowest BCUT2D eigenvalue weighted by Crippen LogP contribution is -1.94. The van der Waals surface area contributed by atoms with Crippen LogP contribution in [0, 0.1) is 5.41 Å². The summed E-state index contributed by atoms with van der Waals surface area (Å²) in [5.41, 5.74) is 12.4. The predicted molar refractivity (Wildman–Crippen MR) is 213 cm³/mol. The Hall–Kier alpha value is -6.71. The topological polar surface area (TPSA) is 33.7 Å². The van der Waals surface area contributed by atoms with E-state index in [1.807, 2.05) is 12.1 Å². The standard InChI is InChI=1S/C47H33N3/c48-32-38(37-23-21-35(22-24-37)33-12-3-1-4-13-33)16-11-31-49-43-19-9-7-17-40(43)41-29-30-45-46(47(41)49)42-18-8-10-20-44(42)50(45)39-27-25-36(26-28-39)34-14-5-2-6-15-34/h1-32,48H/b31-11+,38-16+,48-32?. The number of para-hydroxylation sites is 2. The zero-order valence-corrected chi connectivity index (χ0v) is 27.4. The molecule has 1 N–H and O–H groups in total. The fourth-order valence-corrected chi connectivity index (χ4v) is 7.35. The molecule has 0 spiro atoms. The van der Waals surface area contributed by atoms with Crippen molar-refractivity contribution in [2.75, 3.05) is 0 Å². The van der Waals surface area contributed by atoms with Crippen molar-refractivity contribution in [2.24, 2.45) is 0 Å². The molecule has 0 aliphatic heterocycles. The summed E-state index contributed by atoms with van der Waals surface area (Å²) in [7, 11) is 0. The first kappa shape index (κ1) is 29.4. The van der Waals surface area contributed by atoms with Crippen LogP contribution in [0.5, 0.6) is 0 Å². The van der Waals surface area contributed by atoms with E-state index in [-0.39, 0.29) is 0 Å². The smallest absolute Gasteiger partial charge is 0.0635 e. The number of allylic oxidation sites excluding steroid dienone is 3. The fourth-order valence-electron chi connectivity index (χ4n) is 7.35. The third kappa shape index (κ3) is 4.96. The number of nitrogens with one attached hydrogen (secondary N) is 1. The Morgan fingerprint density at radius 1 is 0.460 bits per heavy atom. The van der Waals surface area contributed by atoms with Crippen molar-refractivity contribution >= 4 is 61.6 Å². The van der Waals surface area contributed by atoms with Gasteiger partial charge >= 0.3 is 0 Å². The first-order valence-electron chi connectivity index (χ1n) is 16.9. The van der Waals surface area contributed by atoms with E-state index < -0.39 is 0 Å². The first-order chi connectivity index (χ1) is 24.8. The monoisotopic (exact) mass is 639 g/mol. The van der Waals surface area contributed by atoms with E-state index >= 15 is 0 Å². The fraction of sp³-hybridized carbons (Fsp3) is 0. The molecule has 3 nitrogen and oxygen atoms in total. The van der Waals surface area contributed by atoms with Crippen LogP contribution in [0.25, 0.3) is 83.3 Å². The lowest BCUT2D eigenvalue weighted by molar-refractivity contribution is 1.18. The summed E-state index contributed by atoms with van der Waals surface area (Å²) in [5, 5.41) is 13.1. The molecule has 0 aliphatic carbocycles. The van der Waals surface area contributed by atoms with Crippen LogP contribution in [0.4, 0.5) is 0 Å². The van der Waals surface area contributed by atoms with E-state index in [1.54, 1.807) is 0 Å². The molecule has 0 radical (unpaired) electrons. The summed E-state index contributed by atoms with van der Waals surface area (Å²) in [6, 6.07) is 60.1. The summed E-state index contributed by atoms with van der Waals surface area (Å²) in [6.45, 7) is 0. The van der Waals surface area contributed by atoms with E-state index in [0.717, 1.165) is 33.4 Å². The molecule has 236 valence electrons. The molecule has 7 aromatic carbocycles. The highest BCUT2D eigenvalue weighted by molar-refractivity contribution is 6.26. The molecule has 9 aromatic rings. The molecule has 0 fully saturated rings. The van der Waals surface area contributed by atoms with E-state index in [1.165, 1.54) is 55.5 Å². The molecular formula is C47H33N3. The molecule has 0 aliphatic rings. The quantitative estimate of drug-likeness (QED) is 0.133. The van der Waals surface area contributed by atoms with Gasteiger partial charge in [0.15, 0.2) is 0 Å². The minimum atomic E-state index is 0.849. The van der Waals surface area contributed by atoms with Gasteiger partial charge in [-0.2, -0.15) is 0 Å². The third-order valence-corrected chi connectivity index (χ3v) is 9.73. The normalized spacial score (nSPS) is 12.1.